The van der Waals surface area contributed by atoms with Gasteiger partial charge in [-0.05, 0) is 44.9 Å². The fourth-order valence-electron chi connectivity index (χ4n) is 5.74. The Balaban J connectivity index is 4.08. The number of ether oxygens (including phenoxy) is 3. The average Bonchev–Trinajstić information content (AvgIpc) is 3.05. The van der Waals surface area contributed by atoms with Gasteiger partial charge in [-0.15, -0.1) is 0 Å². The van der Waals surface area contributed by atoms with Crippen LogP contribution >= 0.6 is 0 Å². The molecule has 0 saturated heterocycles. The number of carbonyl (C=O) groups is 2. The zero-order chi connectivity index (χ0) is 33.6. The summed E-state index contributed by atoms with van der Waals surface area (Å²) in [6, 6.07) is 0. The van der Waals surface area contributed by atoms with Gasteiger partial charge < -0.3 is 14.2 Å². The Kier molecular flexibility index (Phi) is 37.0. The quantitative estimate of drug-likeness (QED) is 0.0380. The Labute approximate surface area is 286 Å². The second-order valence-corrected chi connectivity index (χ2v) is 13.6. The van der Waals surface area contributed by atoms with E-state index in [1.165, 1.54) is 135 Å². The van der Waals surface area contributed by atoms with Crippen molar-refractivity contribution in [2.24, 2.45) is 0 Å². The number of unbranched alkanes of at least 4 members (excludes halogenated alkanes) is 24. The van der Waals surface area contributed by atoms with Gasteiger partial charge in [0.05, 0.1) is 6.61 Å². The maximum Gasteiger partial charge on any atom is 0.306 e. The first-order valence-corrected chi connectivity index (χ1v) is 20.2. The topological polar surface area (TPSA) is 61.8 Å². The van der Waals surface area contributed by atoms with Crippen molar-refractivity contribution in [2.75, 3.05) is 19.8 Å². The molecule has 0 heterocycles. The van der Waals surface area contributed by atoms with Crippen LogP contribution < -0.4 is 0 Å². The number of carbonyl (C=O) groups excluding carboxylic acids is 2. The summed E-state index contributed by atoms with van der Waals surface area (Å²) in [7, 11) is 0. The Morgan fingerprint density at radius 3 is 1.35 bits per heavy atom. The van der Waals surface area contributed by atoms with Crippen LogP contribution in [-0.4, -0.2) is 37.9 Å². The van der Waals surface area contributed by atoms with Crippen LogP contribution in [0.3, 0.4) is 0 Å². The van der Waals surface area contributed by atoms with Gasteiger partial charge in [-0.3, -0.25) is 9.59 Å². The van der Waals surface area contributed by atoms with Gasteiger partial charge in [0.15, 0.2) is 6.10 Å². The number of allylic oxidation sites excluding steroid dienone is 2. The van der Waals surface area contributed by atoms with Crippen LogP contribution in [-0.2, 0) is 23.8 Å². The second kappa shape index (κ2) is 38.1. The van der Waals surface area contributed by atoms with Crippen molar-refractivity contribution in [3.63, 3.8) is 0 Å². The van der Waals surface area contributed by atoms with Crippen molar-refractivity contribution in [3.8, 4) is 0 Å². The van der Waals surface area contributed by atoms with Crippen molar-refractivity contribution < 1.29 is 23.8 Å². The van der Waals surface area contributed by atoms with E-state index in [0.29, 0.717) is 19.4 Å². The molecule has 1 unspecified atom stereocenters. The van der Waals surface area contributed by atoms with Crippen LogP contribution in [0.15, 0.2) is 12.2 Å². The van der Waals surface area contributed by atoms with Gasteiger partial charge in [0, 0.05) is 19.4 Å². The number of esters is 2. The molecule has 0 amide bonds. The smallest absolute Gasteiger partial charge is 0.306 e. The van der Waals surface area contributed by atoms with Gasteiger partial charge >= 0.3 is 11.9 Å². The molecule has 1 atom stereocenters. The van der Waals surface area contributed by atoms with Crippen LogP contribution in [0.4, 0.5) is 0 Å². The Morgan fingerprint density at radius 2 is 0.848 bits per heavy atom. The summed E-state index contributed by atoms with van der Waals surface area (Å²) in [5.74, 6) is -0.406. The molecular weight excluding hydrogens is 572 g/mol. The molecular formula is C41H78O5. The highest BCUT2D eigenvalue weighted by molar-refractivity contribution is 5.70. The molecule has 0 saturated carbocycles. The molecule has 0 N–H and O–H groups in total. The number of hydrogen-bond donors (Lipinski definition) is 0. The van der Waals surface area contributed by atoms with Crippen LogP contribution in [0, 0.1) is 0 Å². The Morgan fingerprint density at radius 1 is 0.457 bits per heavy atom. The normalized spacial score (nSPS) is 12.2. The lowest BCUT2D eigenvalue weighted by atomic mass is 10.1. The highest BCUT2D eigenvalue weighted by Crippen LogP contribution is 2.13. The third-order valence-corrected chi connectivity index (χ3v) is 8.80. The second-order valence-electron chi connectivity index (χ2n) is 13.6. The van der Waals surface area contributed by atoms with E-state index in [0.717, 1.165) is 44.9 Å². The molecule has 5 heteroatoms. The molecule has 0 aliphatic rings. The minimum atomic E-state index is -0.524. The first-order valence-electron chi connectivity index (χ1n) is 20.2. The average molecular weight is 651 g/mol. The first kappa shape index (κ1) is 44.6. The lowest BCUT2D eigenvalue weighted by Crippen LogP contribution is -2.30. The molecule has 0 spiro atoms. The van der Waals surface area contributed by atoms with Gasteiger partial charge in [-0.25, -0.2) is 0 Å². The molecule has 0 rings (SSSR count). The monoisotopic (exact) mass is 651 g/mol. The minimum Gasteiger partial charge on any atom is -0.462 e. The summed E-state index contributed by atoms with van der Waals surface area (Å²) in [5.41, 5.74) is 0. The Hall–Kier alpha value is -1.36. The lowest BCUT2D eigenvalue weighted by molar-refractivity contribution is -0.163. The van der Waals surface area contributed by atoms with Crippen molar-refractivity contribution in [3.05, 3.63) is 12.2 Å². The van der Waals surface area contributed by atoms with Crippen LogP contribution in [0.1, 0.15) is 213 Å². The van der Waals surface area contributed by atoms with Gasteiger partial charge in [-0.2, -0.15) is 0 Å². The predicted octanol–water partition coefficient (Wildman–Crippen LogP) is 12.8. The summed E-state index contributed by atoms with van der Waals surface area (Å²) in [4.78, 5) is 24.8. The van der Waals surface area contributed by atoms with E-state index < -0.39 is 6.10 Å². The third kappa shape index (κ3) is 35.5. The highest BCUT2D eigenvalue weighted by atomic mass is 16.6. The molecule has 0 aromatic carbocycles. The SMILES string of the molecule is CCCCCC/C=C\CCCCCCCCOCC(COC(=O)CCCCCCCCCCCCC)OC(=O)CCCCCCC. The van der Waals surface area contributed by atoms with Gasteiger partial charge in [0.25, 0.3) is 0 Å². The van der Waals surface area contributed by atoms with E-state index in [-0.39, 0.29) is 25.2 Å². The van der Waals surface area contributed by atoms with Gasteiger partial charge in [-0.1, -0.05) is 168 Å². The molecule has 0 aromatic rings. The van der Waals surface area contributed by atoms with E-state index in [9.17, 15) is 9.59 Å². The summed E-state index contributed by atoms with van der Waals surface area (Å²) >= 11 is 0. The fourth-order valence-corrected chi connectivity index (χ4v) is 5.74. The predicted molar refractivity (Wildman–Crippen MR) is 196 cm³/mol. The maximum atomic E-state index is 12.5. The summed E-state index contributed by atoms with van der Waals surface area (Å²) in [6.07, 6.45) is 39.4. The van der Waals surface area contributed by atoms with Gasteiger partial charge in [0.2, 0.25) is 0 Å². The largest absolute Gasteiger partial charge is 0.462 e. The Bertz CT molecular complexity index is 661. The molecule has 0 aliphatic carbocycles. The molecule has 0 radical (unpaired) electrons. The van der Waals surface area contributed by atoms with Crippen LogP contribution in [0.2, 0.25) is 0 Å². The summed E-state index contributed by atoms with van der Waals surface area (Å²) in [5, 5.41) is 0. The molecule has 5 nitrogen and oxygen atoms in total. The van der Waals surface area contributed by atoms with E-state index in [1.54, 1.807) is 0 Å². The standard InChI is InChI=1S/C41H78O5/c1-4-7-10-13-15-17-19-20-21-23-25-27-30-33-36-44-37-39(46-41(43)35-32-28-12-9-6-3)38-45-40(42)34-31-29-26-24-22-18-16-14-11-8-5-2/h17,19,39H,4-16,18,20-38H2,1-3H3/b19-17-. The number of hydrogen-bond acceptors (Lipinski definition) is 5. The van der Waals surface area contributed by atoms with Crippen molar-refractivity contribution in [2.45, 2.75) is 219 Å². The maximum absolute atomic E-state index is 12.5. The fraction of sp³-hybridized carbons (Fsp3) is 0.902. The number of rotatable bonds is 37. The lowest BCUT2D eigenvalue weighted by Gasteiger charge is -2.18. The van der Waals surface area contributed by atoms with E-state index in [4.69, 9.17) is 14.2 Å². The molecule has 0 aliphatic heterocycles. The molecule has 0 bridgehead atoms. The molecule has 0 fully saturated rings. The highest BCUT2D eigenvalue weighted by Gasteiger charge is 2.17. The first-order chi connectivity index (χ1) is 22.6. The van der Waals surface area contributed by atoms with E-state index in [2.05, 4.69) is 32.9 Å². The molecule has 46 heavy (non-hydrogen) atoms. The van der Waals surface area contributed by atoms with Gasteiger partial charge in [0.1, 0.15) is 6.61 Å². The molecule has 0 aromatic heterocycles. The van der Waals surface area contributed by atoms with Crippen molar-refractivity contribution in [1.82, 2.24) is 0 Å². The summed E-state index contributed by atoms with van der Waals surface area (Å²) < 4.78 is 17.1. The van der Waals surface area contributed by atoms with Crippen LogP contribution in [0.5, 0.6) is 0 Å². The zero-order valence-corrected chi connectivity index (χ0v) is 31.1. The minimum absolute atomic E-state index is 0.0889. The third-order valence-electron chi connectivity index (χ3n) is 8.80. The van der Waals surface area contributed by atoms with E-state index in [1.807, 2.05) is 0 Å². The van der Waals surface area contributed by atoms with Crippen molar-refractivity contribution >= 4 is 11.9 Å². The molecule has 272 valence electrons. The summed E-state index contributed by atoms with van der Waals surface area (Å²) in [6.45, 7) is 7.74. The van der Waals surface area contributed by atoms with Crippen LogP contribution in [0.25, 0.3) is 0 Å². The zero-order valence-electron chi connectivity index (χ0n) is 31.1. The van der Waals surface area contributed by atoms with E-state index >= 15 is 0 Å². The van der Waals surface area contributed by atoms with Crippen molar-refractivity contribution in [1.29, 1.82) is 0 Å².